The van der Waals surface area contributed by atoms with Gasteiger partial charge in [0, 0.05) is 6.54 Å². The van der Waals surface area contributed by atoms with Crippen LogP contribution in [0.25, 0.3) is 0 Å². The van der Waals surface area contributed by atoms with Crippen LogP contribution >= 0.6 is 11.6 Å². The van der Waals surface area contributed by atoms with E-state index in [1.165, 1.54) is 18.2 Å². The van der Waals surface area contributed by atoms with Gasteiger partial charge in [0.15, 0.2) is 5.84 Å². The first-order chi connectivity index (χ1) is 9.35. The summed E-state index contributed by atoms with van der Waals surface area (Å²) in [7, 11) is 0. The van der Waals surface area contributed by atoms with E-state index in [4.69, 9.17) is 22.5 Å². The summed E-state index contributed by atoms with van der Waals surface area (Å²) in [6.07, 6.45) is 0.374. The van der Waals surface area contributed by atoms with Gasteiger partial charge >= 0.3 is 0 Å². The second kappa shape index (κ2) is 6.56. The first kappa shape index (κ1) is 16.2. The number of carbonyl (C=O) groups is 1. The molecule has 0 radical (unpaired) electrons. The van der Waals surface area contributed by atoms with Crippen LogP contribution in [0.5, 0.6) is 0 Å². The van der Waals surface area contributed by atoms with Gasteiger partial charge in [0.25, 0.3) is 0 Å². The minimum atomic E-state index is -1.10. The van der Waals surface area contributed by atoms with Crippen molar-refractivity contribution < 1.29 is 14.4 Å². The second-order valence-corrected chi connectivity index (χ2v) is 5.01. The summed E-state index contributed by atoms with van der Waals surface area (Å²) in [6.45, 7) is 3.51. The zero-order valence-corrected chi connectivity index (χ0v) is 12.0. The van der Waals surface area contributed by atoms with Gasteiger partial charge in [0.1, 0.15) is 11.2 Å². The van der Waals surface area contributed by atoms with Crippen LogP contribution in [-0.2, 0) is 11.3 Å². The van der Waals surface area contributed by atoms with Crippen LogP contribution in [0, 0.1) is 11.2 Å². The Morgan fingerprint density at radius 2 is 2.25 bits per heavy atom. The molecule has 0 saturated carbocycles. The molecule has 1 unspecified atom stereocenters. The molecule has 5 nitrogen and oxygen atoms in total. The fourth-order valence-electron chi connectivity index (χ4n) is 1.60. The number of amides is 1. The molecule has 1 aromatic carbocycles. The summed E-state index contributed by atoms with van der Waals surface area (Å²) in [5.41, 5.74) is 5.10. The summed E-state index contributed by atoms with van der Waals surface area (Å²) in [5, 5.41) is 14.3. The Hall–Kier alpha value is -1.82. The molecule has 0 bridgehead atoms. The Kier molecular flexibility index (Phi) is 5.33. The number of benzene rings is 1. The number of hydrogen-bond acceptors (Lipinski definition) is 3. The van der Waals surface area contributed by atoms with E-state index in [9.17, 15) is 9.18 Å². The van der Waals surface area contributed by atoms with Crippen LogP contribution in [-0.4, -0.2) is 17.0 Å². The quantitative estimate of drug-likeness (QED) is 0.337. The van der Waals surface area contributed by atoms with E-state index in [0.29, 0.717) is 12.0 Å². The van der Waals surface area contributed by atoms with Crippen LogP contribution < -0.4 is 11.1 Å². The maximum Gasteiger partial charge on any atom is 0.233 e. The number of amidine groups is 1. The van der Waals surface area contributed by atoms with E-state index < -0.39 is 11.2 Å². The van der Waals surface area contributed by atoms with Gasteiger partial charge in [-0.05, 0) is 31.0 Å². The van der Waals surface area contributed by atoms with Gasteiger partial charge in [-0.25, -0.2) is 4.39 Å². The predicted molar refractivity (Wildman–Crippen MR) is 75.1 cm³/mol. The number of rotatable bonds is 5. The molecule has 110 valence electrons. The minimum Gasteiger partial charge on any atom is -0.409 e. The van der Waals surface area contributed by atoms with Crippen molar-refractivity contribution in [3.63, 3.8) is 0 Å². The van der Waals surface area contributed by atoms with Crippen molar-refractivity contribution in [2.45, 2.75) is 26.8 Å². The Balaban J connectivity index is 2.78. The number of carbonyl (C=O) groups excluding carboxylic acids is 1. The smallest absolute Gasteiger partial charge is 0.233 e. The highest BCUT2D eigenvalue weighted by molar-refractivity contribution is 6.30. The van der Waals surface area contributed by atoms with Gasteiger partial charge in [-0.2, -0.15) is 0 Å². The molecule has 4 N–H and O–H groups in total. The average Bonchev–Trinajstić information content (AvgIpc) is 2.46. The third kappa shape index (κ3) is 3.39. The molecular formula is C13H17ClFN3O2. The van der Waals surface area contributed by atoms with E-state index in [1.54, 1.807) is 13.8 Å². The first-order valence-electron chi connectivity index (χ1n) is 6.05. The molecule has 7 heteroatoms. The van der Waals surface area contributed by atoms with Crippen LogP contribution in [0.3, 0.4) is 0 Å². The van der Waals surface area contributed by atoms with E-state index in [2.05, 4.69) is 10.5 Å². The lowest BCUT2D eigenvalue weighted by molar-refractivity contribution is -0.127. The lowest BCUT2D eigenvalue weighted by Crippen LogP contribution is -2.47. The topological polar surface area (TPSA) is 87.7 Å². The summed E-state index contributed by atoms with van der Waals surface area (Å²) >= 11 is 5.66. The predicted octanol–water partition coefficient (Wildman–Crippen LogP) is 2.26. The average molecular weight is 302 g/mol. The highest BCUT2D eigenvalue weighted by Crippen LogP contribution is 2.22. The zero-order chi connectivity index (χ0) is 15.3. The van der Waals surface area contributed by atoms with Gasteiger partial charge in [0.05, 0.1) is 5.02 Å². The Bertz CT molecular complexity index is 536. The Labute approximate surface area is 121 Å². The van der Waals surface area contributed by atoms with Crippen LogP contribution in [0.15, 0.2) is 23.4 Å². The monoisotopic (exact) mass is 301 g/mol. The molecule has 0 saturated heterocycles. The Morgan fingerprint density at radius 3 is 2.75 bits per heavy atom. The van der Waals surface area contributed by atoms with E-state index in [1.807, 2.05) is 0 Å². The Morgan fingerprint density at radius 1 is 1.60 bits per heavy atom. The molecule has 0 aliphatic rings. The molecular weight excluding hydrogens is 285 g/mol. The number of nitrogens with one attached hydrogen (secondary N) is 1. The lowest BCUT2D eigenvalue weighted by atomic mass is 9.85. The third-order valence-electron chi connectivity index (χ3n) is 3.32. The molecule has 1 atom stereocenters. The van der Waals surface area contributed by atoms with Gasteiger partial charge in [-0.3, -0.25) is 4.79 Å². The molecule has 0 heterocycles. The van der Waals surface area contributed by atoms with Gasteiger partial charge in [-0.1, -0.05) is 29.7 Å². The van der Waals surface area contributed by atoms with Gasteiger partial charge in [-0.15, -0.1) is 0 Å². The number of nitrogens with zero attached hydrogens (tertiary/aromatic N) is 1. The summed E-state index contributed by atoms with van der Waals surface area (Å²) in [4.78, 5) is 12.1. The molecule has 0 aromatic heterocycles. The summed E-state index contributed by atoms with van der Waals surface area (Å²) < 4.78 is 13.0. The fourth-order valence-corrected chi connectivity index (χ4v) is 1.80. The molecule has 20 heavy (non-hydrogen) atoms. The fraction of sp³-hybridized carbons (Fsp3) is 0.385. The van der Waals surface area contributed by atoms with Crippen LogP contribution in [0.4, 0.5) is 4.39 Å². The van der Waals surface area contributed by atoms with Crippen molar-refractivity contribution >= 4 is 23.3 Å². The molecule has 0 aliphatic heterocycles. The number of nitrogens with two attached hydrogens (primary N) is 1. The van der Waals surface area contributed by atoms with Crippen LogP contribution in [0.2, 0.25) is 5.02 Å². The highest BCUT2D eigenvalue weighted by atomic mass is 35.5. The second-order valence-electron chi connectivity index (χ2n) is 4.60. The highest BCUT2D eigenvalue weighted by Gasteiger charge is 2.36. The first-order valence-corrected chi connectivity index (χ1v) is 6.43. The maximum atomic E-state index is 13.0. The SMILES string of the molecule is CCC(C)(C(=O)NCc1ccc(F)c(Cl)c1)/C(N)=N/O. The molecule has 0 aliphatic carbocycles. The number of halogens is 2. The molecule has 1 aromatic rings. The van der Waals surface area contributed by atoms with Gasteiger partial charge < -0.3 is 16.3 Å². The third-order valence-corrected chi connectivity index (χ3v) is 3.61. The standard InChI is InChI=1S/C13H17ClFN3O2/c1-3-13(2,11(16)18-20)12(19)17-7-8-4-5-10(15)9(14)6-8/h4-6,20H,3,7H2,1-2H3,(H2,16,18)(H,17,19). The summed E-state index contributed by atoms with van der Waals surface area (Å²) in [5.74, 6) is -1.05. The van der Waals surface area contributed by atoms with Crippen molar-refractivity contribution in [1.29, 1.82) is 0 Å². The van der Waals surface area contributed by atoms with Crippen molar-refractivity contribution in [2.75, 3.05) is 0 Å². The molecule has 1 amide bonds. The minimum absolute atomic E-state index is 0.00793. The van der Waals surface area contributed by atoms with Crippen LogP contribution in [0.1, 0.15) is 25.8 Å². The zero-order valence-electron chi connectivity index (χ0n) is 11.3. The largest absolute Gasteiger partial charge is 0.409 e. The van der Waals surface area contributed by atoms with E-state index in [-0.39, 0.29) is 23.3 Å². The van der Waals surface area contributed by atoms with Crippen molar-refractivity contribution in [1.82, 2.24) is 5.32 Å². The van der Waals surface area contributed by atoms with E-state index >= 15 is 0 Å². The lowest BCUT2D eigenvalue weighted by Gasteiger charge is -2.25. The van der Waals surface area contributed by atoms with Crippen molar-refractivity contribution in [3.8, 4) is 0 Å². The molecule has 1 rings (SSSR count). The van der Waals surface area contributed by atoms with Crippen molar-refractivity contribution in [2.24, 2.45) is 16.3 Å². The number of hydrogen-bond donors (Lipinski definition) is 3. The van der Waals surface area contributed by atoms with E-state index in [0.717, 1.165) is 0 Å². The molecule has 0 fully saturated rings. The molecule has 0 spiro atoms. The van der Waals surface area contributed by atoms with Crippen molar-refractivity contribution in [3.05, 3.63) is 34.6 Å². The summed E-state index contributed by atoms with van der Waals surface area (Å²) in [6, 6.07) is 4.19. The number of oxime groups is 1. The maximum absolute atomic E-state index is 13.0. The normalized spacial score (nSPS) is 14.7. The van der Waals surface area contributed by atoms with Gasteiger partial charge in [0.2, 0.25) is 5.91 Å².